The van der Waals surface area contributed by atoms with Crippen LogP contribution in [0.25, 0.3) is 0 Å². The summed E-state index contributed by atoms with van der Waals surface area (Å²) in [6, 6.07) is 17.2. The Morgan fingerprint density at radius 2 is 1.80 bits per heavy atom. The molecular formula is C20H25NO3S. The van der Waals surface area contributed by atoms with Crippen LogP contribution in [0.1, 0.15) is 24.0 Å². The minimum absolute atomic E-state index is 0.232. The highest BCUT2D eigenvalue weighted by Crippen LogP contribution is 2.21. The molecule has 0 saturated carbocycles. The second-order valence-electron chi connectivity index (χ2n) is 6.78. The number of nitrogens with zero attached hydrogens (tertiary/aromatic N) is 1. The largest absolute Gasteiger partial charge is 0.299 e. The van der Waals surface area contributed by atoms with Crippen molar-refractivity contribution < 1.29 is 12.6 Å². The predicted octanol–water partition coefficient (Wildman–Crippen LogP) is 3.61. The third kappa shape index (κ3) is 5.14. The van der Waals surface area contributed by atoms with E-state index in [9.17, 15) is 8.42 Å². The third-order valence-corrected chi connectivity index (χ3v) is 5.92. The Hall–Kier alpha value is -1.69. The molecule has 25 heavy (non-hydrogen) atoms. The van der Waals surface area contributed by atoms with Crippen molar-refractivity contribution in [2.75, 3.05) is 19.7 Å². The fraction of sp³-hybridized carbons (Fsp3) is 0.400. The van der Waals surface area contributed by atoms with Gasteiger partial charge in [0, 0.05) is 13.1 Å². The van der Waals surface area contributed by atoms with Gasteiger partial charge in [0.1, 0.15) is 0 Å². The molecule has 0 N–H and O–H groups in total. The van der Waals surface area contributed by atoms with Crippen LogP contribution < -0.4 is 0 Å². The van der Waals surface area contributed by atoms with Crippen molar-refractivity contribution in [3.05, 3.63) is 65.7 Å². The number of hydrogen-bond acceptors (Lipinski definition) is 4. The zero-order valence-electron chi connectivity index (χ0n) is 14.6. The molecule has 1 aliphatic heterocycles. The van der Waals surface area contributed by atoms with E-state index in [1.165, 1.54) is 5.56 Å². The van der Waals surface area contributed by atoms with Crippen molar-refractivity contribution in [1.29, 1.82) is 0 Å². The van der Waals surface area contributed by atoms with E-state index in [2.05, 4.69) is 17.0 Å². The molecule has 0 bridgehead atoms. The first kappa shape index (κ1) is 18.1. The van der Waals surface area contributed by atoms with E-state index in [0.717, 1.165) is 38.0 Å². The number of aryl methyl sites for hydroxylation is 1. The summed E-state index contributed by atoms with van der Waals surface area (Å²) in [5, 5.41) is 0. The van der Waals surface area contributed by atoms with Crippen LogP contribution in [0, 0.1) is 12.8 Å². The minimum atomic E-state index is -3.67. The number of piperidine rings is 1. The van der Waals surface area contributed by atoms with Gasteiger partial charge in [-0.3, -0.25) is 9.08 Å². The molecule has 2 aromatic carbocycles. The molecule has 5 heteroatoms. The molecule has 1 atom stereocenters. The highest BCUT2D eigenvalue weighted by molar-refractivity contribution is 7.86. The maximum absolute atomic E-state index is 12.3. The van der Waals surface area contributed by atoms with Gasteiger partial charge >= 0.3 is 0 Å². The van der Waals surface area contributed by atoms with Crippen molar-refractivity contribution in [1.82, 2.24) is 4.90 Å². The third-order valence-electron chi connectivity index (χ3n) is 4.62. The Balaban J connectivity index is 1.55. The van der Waals surface area contributed by atoms with Gasteiger partial charge in [-0.1, -0.05) is 48.0 Å². The van der Waals surface area contributed by atoms with E-state index in [1.807, 2.05) is 25.1 Å². The van der Waals surface area contributed by atoms with Crippen LogP contribution in [-0.4, -0.2) is 33.0 Å². The fourth-order valence-corrected chi connectivity index (χ4v) is 4.21. The quantitative estimate of drug-likeness (QED) is 0.739. The van der Waals surface area contributed by atoms with Gasteiger partial charge in [0.2, 0.25) is 0 Å². The fourth-order valence-electron chi connectivity index (χ4n) is 3.23. The van der Waals surface area contributed by atoms with Crippen molar-refractivity contribution >= 4 is 10.1 Å². The summed E-state index contributed by atoms with van der Waals surface area (Å²) >= 11 is 0. The van der Waals surface area contributed by atoms with Crippen molar-refractivity contribution in [2.24, 2.45) is 5.92 Å². The van der Waals surface area contributed by atoms with Crippen LogP contribution in [0.5, 0.6) is 0 Å². The van der Waals surface area contributed by atoms with Crippen LogP contribution in [0.15, 0.2) is 59.5 Å². The molecule has 4 nitrogen and oxygen atoms in total. The van der Waals surface area contributed by atoms with Gasteiger partial charge in [-0.15, -0.1) is 0 Å². The van der Waals surface area contributed by atoms with Gasteiger partial charge in [-0.25, -0.2) is 0 Å². The molecule has 0 aliphatic carbocycles. The number of benzene rings is 2. The first-order valence-electron chi connectivity index (χ1n) is 8.75. The molecular weight excluding hydrogens is 334 g/mol. The molecule has 0 spiro atoms. The lowest BCUT2D eigenvalue weighted by Gasteiger charge is -2.32. The van der Waals surface area contributed by atoms with Gasteiger partial charge in [0.05, 0.1) is 11.5 Å². The Morgan fingerprint density at radius 1 is 1.08 bits per heavy atom. The van der Waals surface area contributed by atoms with Crippen molar-refractivity contribution in [3.8, 4) is 0 Å². The lowest BCUT2D eigenvalue weighted by Crippen LogP contribution is -2.37. The van der Waals surface area contributed by atoms with Crippen molar-refractivity contribution in [3.63, 3.8) is 0 Å². The average molecular weight is 359 g/mol. The maximum atomic E-state index is 12.3. The molecule has 0 unspecified atom stereocenters. The van der Waals surface area contributed by atoms with Crippen LogP contribution in [0.2, 0.25) is 0 Å². The van der Waals surface area contributed by atoms with Crippen LogP contribution >= 0.6 is 0 Å². The molecule has 3 rings (SSSR count). The van der Waals surface area contributed by atoms with Gasteiger partial charge in [0.15, 0.2) is 0 Å². The van der Waals surface area contributed by atoms with Crippen molar-refractivity contribution in [2.45, 2.75) is 31.2 Å². The molecule has 1 fully saturated rings. The first-order chi connectivity index (χ1) is 12.0. The topological polar surface area (TPSA) is 46.6 Å². The molecule has 2 aromatic rings. The predicted molar refractivity (Wildman–Crippen MR) is 98.8 cm³/mol. The number of likely N-dealkylation sites (tertiary alicyclic amines) is 1. The van der Waals surface area contributed by atoms with E-state index in [0.29, 0.717) is 0 Å². The number of rotatable bonds is 6. The van der Waals surface area contributed by atoms with E-state index in [-0.39, 0.29) is 17.4 Å². The smallest absolute Gasteiger partial charge is 0.296 e. The Kier molecular flexibility index (Phi) is 5.89. The molecule has 1 aliphatic rings. The van der Waals surface area contributed by atoms with E-state index < -0.39 is 10.1 Å². The van der Waals surface area contributed by atoms with Gasteiger partial charge in [-0.05, 0) is 49.9 Å². The summed E-state index contributed by atoms with van der Waals surface area (Å²) in [6.45, 7) is 5.01. The Morgan fingerprint density at radius 3 is 2.52 bits per heavy atom. The second kappa shape index (κ2) is 8.13. The standard InChI is InChI=1S/C20H25NO3S/c1-17-9-11-20(12-10-17)25(22,23)24-16-19-8-5-13-21(15-19)14-18-6-3-2-4-7-18/h2-4,6-7,9-12,19H,5,8,13-16H2,1H3/t19-/m0/s1. The highest BCUT2D eigenvalue weighted by atomic mass is 32.2. The average Bonchev–Trinajstić information content (AvgIpc) is 2.62. The summed E-state index contributed by atoms with van der Waals surface area (Å²) < 4.78 is 30.0. The molecule has 1 saturated heterocycles. The monoisotopic (exact) mass is 359 g/mol. The molecule has 134 valence electrons. The summed E-state index contributed by atoms with van der Waals surface area (Å²) in [5.74, 6) is 0.248. The van der Waals surface area contributed by atoms with E-state index in [1.54, 1.807) is 24.3 Å². The number of hydrogen-bond donors (Lipinski definition) is 0. The van der Waals surface area contributed by atoms with Gasteiger partial charge in [0.25, 0.3) is 10.1 Å². The molecule has 1 heterocycles. The summed E-state index contributed by atoms with van der Waals surface area (Å²) in [5.41, 5.74) is 2.32. The Bertz CT molecular complexity index is 772. The van der Waals surface area contributed by atoms with Crippen LogP contribution in [0.4, 0.5) is 0 Å². The summed E-state index contributed by atoms with van der Waals surface area (Å²) in [4.78, 5) is 2.61. The maximum Gasteiger partial charge on any atom is 0.296 e. The molecule has 0 amide bonds. The minimum Gasteiger partial charge on any atom is -0.299 e. The van der Waals surface area contributed by atoms with E-state index >= 15 is 0 Å². The van der Waals surface area contributed by atoms with E-state index in [4.69, 9.17) is 4.18 Å². The van der Waals surface area contributed by atoms with Crippen LogP contribution in [0.3, 0.4) is 0 Å². The lowest BCUT2D eigenvalue weighted by molar-refractivity contribution is 0.127. The molecule has 0 aromatic heterocycles. The van der Waals surface area contributed by atoms with Gasteiger partial charge in [-0.2, -0.15) is 8.42 Å². The zero-order chi connectivity index (χ0) is 17.7. The van der Waals surface area contributed by atoms with Crippen LogP contribution in [-0.2, 0) is 20.8 Å². The molecule has 0 radical (unpaired) electrons. The zero-order valence-corrected chi connectivity index (χ0v) is 15.4. The Labute approximate surface area is 150 Å². The van der Waals surface area contributed by atoms with Gasteiger partial charge < -0.3 is 0 Å². The SMILES string of the molecule is Cc1ccc(S(=O)(=O)OC[C@H]2CCCN(Cc3ccccc3)C2)cc1. The summed E-state index contributed by atoms with van der Waals surface area (Å²) in [6.07, 6.45) is 2.08. The lowest BCUT2D eigenvalue weighted by atomic mass is 9.98. The highest BCUT2D eigenvalue weighted by Gasteiger charge is 2.23. The first-order valence-corrected chi connectivity index (χ1v) is 10.2. The summed E-state index contributed by atoms with van der Waals surface area (Å²) in [7, 11) is -3.67. The normalized spacial score (nSPS) is 19.0. The second-order valence-corrected chi connectivity index (χ2v) is 8.40.